The summed E-state index contributed by atoms with van der Waals surface area (Å²) < 4.78 is 25.5. The van der Waals surface area contributed by atoms with Crippen LogP contribution in [0.5, 0.6) is 5.75 Å². The van der Waals surface area contributed by atoms with Gasteiger partial charge in [-0.1, -0.05) is 12.1 Å². The lowest BCUT2D eigenvalue weighted by molar-refractivity contribution is -0.0361. The second-order valence-corrected chi connectivity index (χ2v) is 7.30. The van der Waals surface area contributed by atoms with Gasteiger partial charge >= 0.3 is 0 Å². The van der Waals surface area contributed by atoms with Crippen LogP contribution in [0.3, 0.4) is 0 Å². The highest BCUT2D eigenvalue weighted by Gasteiger charge is 2.26. The van der Waals surface area contributed by atoms with Gasteiger partial charge in [0.15, 0.2) is 0 Å². The highest BCUT2D eigenvalue weighted by molar-refractivity contribution is 6.24. The average molecular weight is 422 g/mol. The van der Waals surface area contributed by atoms with Gasteiger partial charge in [-0.15, -0.1) is 0 Å². The van der Waals surface area contributed by atoms with Crippen LogP contribution < -0.4 is 10.5 Å². The first-order valence-electron chi connectivity index (χ1n) is 9.54. The lowest BCUT2D eigenvalue weighted by atomic mass is 10.1. The lowest BCUT2D eigenvalue weighted by Gasteiger charge is -2.34. The molecule has 2 aromatic rings. The Morgan fingerprint density at radius 3 is 2.83 bits per heavy atom. The van der Waals surface area contributed by atoms with Crippen molar-refractivity contribution in [1.82, 2.24) is 9.32 Å². The molecule has 0 saturated carbocycles. The molecular formula is C21H25ClFN3O3. The Morgan fingerprint density at radius 1 is 1.34 bits per heavy atom. The maximum atomic E-state index is 13.1. The fourth-order valence-corrected chi connectivity index (χ4v) is 3.51. The quantitative estimate of drug-likeness (QED) is 0.548. The van der Waals surface area contributed by atoms with Gasteiger partial charge in [-0.3, -0.25) is 9.69 Å². The number of halogens is 2. The van der Waals surface area contributed by atoms with Crippen molar-refractivity contribution in [2.75, 3.05) is 38.6 Å². The molecule has 3 rings (SSSR count). The van der Waals surface area contributed by atoms with E-state index in [0.29, 0.717) is 43.3 Å². The molecule has 1 atom stereocenters. The van der Waals surface area contributed by atoms with Crippen LogP contribution in [0.1, 0.15) is 22.8 Å². The number of morpholine rings is 1. The third-order valence-corrected chi connectivity index (χ3v) is 4.95. The van der Waals surface area contributed by atoms with Crippen molar-refractivity contribution >= 4 is 23.4 Å². The smallest absolute Gasteiger partial charge is 0.272 e. The molecule has 1 unspecified atom stereocenters. The van der Waals surface area contributed by atoms with E-state index >= 15 is 0 Å². The number of carbonyl (C=O) groups is 1. The Labute approximate surface area is 175 Å². The van der Waals surface area contributed by atoms with Crippen LogP contribution in [0.25, 0.3) is 0 Å². The van der Waals surface area contributed by atoms with Gasteiger partial charge in [0.05, 0.1) is 31.4 Å². The third kappa shape index (κ3) is 5.82. The number of anilines is 1. The van der Waals surface area contributed by atoms with Crippen LogP contribution in [-0.2, 0) is 11.3 Å². The number of carbonyl (C=O) groups excluding carboxylic acids is 1. The SMILES string of the molecule is CCOc1cc(N)ccc1C(=O)N(Cl)CC1CN(Cc2ccc(F)cc2)CCO1. The molecule has 156 valence electrons. The summed E-state index contributed by atoms with van der Waals surface area (Å²) in [4.78, 5) is 15.0. The van der Waals surface area contributed by atoms with E-state index in [1.54, 1.807) is 30.3 Å². The zero-order valence-corrected chi connectivity index (χ0v) is 17.1. The summed E-state index contributed by atoms with van der Waals surface area (Å²) in [6, 6.07) is 11.3. The minimum atomic E-state index is -0.366. The number of nitrogen functional groups attached to an aromatic ring is 1. The molecule has 2 aromatic carbocycles. The Kier molecular flexibility index (Phi) is 7.30. The van der Waals surface area contributed by atoms with Gasteiger partial charge in [0.1, 0.15) is 11.6 Å². The summed E-state index contributed by atoms with van der Waals surface area (Å²) in [7, 11) is 0. The molecule has 0 aliphatic carbocycles. The molecule has 8 heteroatoms. The molecule has 29 heavy (non-hydrogen) atoms. The van der Waals surface area contributed by atoms with Gasteiger partial charge in [-0.2, -0.15) is 0 Å². The van der Waals surface area contributed by atoms with Gasteiger partial charge in [0.25, 0.3) is 5.91 Å². The molecule has 2 N–H and O–H groups in total. The highest BCUT2D eigenvalue weighted by Crippen LogP contribution is 2.25. The number of hydrogen-bond acceptors (Lipinski definition) is 5. The van der Waals surface area contributed by atoms with Gasteiger partial charge in [0.2, 0.25) is 0 Å². The monoisotopic (exact) mass is 421 g/mol. The Morgan fingerprint density at radius 2 is 2.10 bits per heavy atom. The summed E-state index contributed by atoms with van der Waals surface area (Å²) in [5.74, 6) is -0.209. The number of ether oxygens (including phenoxy) is 2. The second kappa shape index (κ2) is 9.91. The van der Waals surface area contributed by atoms with E-state index in [0.717, 1.165) is 16.5 Å². The van der Waals surface area contributed by atoms with Gasteiger partial charge in [-0.25, -0.2) is 8.81 Å². The lowest BCUT2D eigenvalue weighted by Crippen LogP contribution is -2.46. The zero-order valence-electron chi connectivity index (χ0n) is 16.3. The summed E-state index contributed by atoms with van der Waals surface area (Å²) in [6.45, 7) is 5.08. The molecule has 1 saturated heterocycles. The first-order chi connectivity index (χ1) is 14.0. The molecule has 1 heterocycles. The third-order valence-electron chi connectivity index (χ3n) is 4.66. The van der Waals surface area contributed by atoms with Crippen molar-refractivity contribution in [2.45, 2.75) is 19.6 Å². The number of amides is 1. The van der Waals surface area contributed by atoms with Crippen molar-refractivity contribution in [1.29, 1.82) is 0 Å². The minimum absolute atomic E-state index is 0.227. The van der Waals surface area contributed by atoms with Crippen molar-refractivity contribution in [3.63, 3.8) is 0 Å². The van der Waals surface area contributed by atoms with Crippen molar-refractivity contribution < 1.29 is 18.7 Å². The predicted molar refractivity (Wildman–Crippen MR) is 110 cm³/mol. The maximum Gasteiger partial charge on any atom is 0.272 e. The molecule has 0 aromatic heterocycles. The molecule has 6 nitrogen and oxygen atoms in total. The molecule has 1 aliphatic heterocycles. The molecule has 1 aliphatic rings. The van der Waals surface area contributed by atoms with Crippen molar-refractivity contribution in [2.24, 2.45) is 0 Å². The normalized spacial score (nSPS) is 17.1. The summed E-state index contributed by atoms with van der Waals surface area (Å²) in [6.07, 6.45) is -0.227. The first kappa shape index (κ1) is 21.4. The molecule has 1 fully saturated rings. The Balaban J connectivity index is 1.60. The van der Waals surface area contributed by atoms with Crippen LogP contribution in [-0.4, -0.2) is 54.2 Å². The number of hydrogen-bond donors (Lipinski definition) is 1. The fraction of sp³-hybridized carbons (Fsp3) is 0.381. The zero-order chi connectivity index (χ0) is 20.8. The Bertz CT molecular complexity index is 834. The largest absolute Gasteiger partial charge is 0.493 e. The van der Waals surface area contributed by atoms with Crippen LogP contribution in [0.15, 0.2) is 42.5 Å². The van der Waals surface area contributed by atoms with Crippen LogP contribution in [0.4, 0.5) is 10.1 Å². The van der Waals surface area contributed by atoms with Crippen LogP contribution >= 0.6 is 11.8 Å². The van der Waals surface area contributed by atoms with E-state index in [1.807, 2.05) is 6.92 Å². The summed E-state index contributed by atoms with van der Waals surface area (Å²) >= 11 is 6.29. The summed E-state index contributed by atoms with van der Waals surface area (Å²) in [5.41, 5.74) is 7.68. The van der Waals surface area contributed by atoms with E-state index in [2.05, 4.69) is 4.90 Å². The van der Waals surface area contributed by atoms with E-state index in [-0.39, 0.29) is 24.4 Å². The van der Waals surface area contributed by atoms with Crippen molar-refractivity contribution in [3.8, 4) is 5.75 Å². The van der Waals surface area contributed by atoms with Gasteiger partial charge < -0.3 is 15.2 Å². The van der Waals surface area contributed by atoms with Crippen LogP contribution in [0.2, 0.25) is 0 Å². The van der Waals surface area contributed by atoms with Crippen LogP contribution in [0, 0.1) is 5.82 Å². The second-order valence-electron chi connectivity index (χ2n) is 6.89. The topological polar surface area (TPSA) is 68.0 Å². The highest BCUT2D eigenvalue weighted by atomic mass is 35.5. The van der Waals surface area contributed by atoms with Gasteiger partial charge in [0, 0.05) is 43.2 Å². The van der Waals surface area contributed by atoms with E-state index in [1.165, 1.54) is 12.1 Å². The Hall–Kier alpha value is -2.35. The standard InChI is InChI=1S/C21H25ClFN3O3/c1-2-28-20-11-17(24)7-8-19(20)21(27)26(22)14-18-13-25(9-10-29-18)12-15-3-5-16(23)6-4-15/h3-8,11,18H,2,9-10,12-14,24H2,1H3. The molecule has 0 spiro atoms. The average Bonchev–Trinajstić information content (AvgIpc) is 2.70. The number of rotatable bonds is 7. The molecule has 1 amide bonds. The van der Waals surface area contributed by atoms with E-state index < -0.39 is 0 Å². The fourth-order valence-electron chi connectivity index (χ4n) is 3.27. The van der Waals surface area contributed by atoms with E-state index in [9.17, 15) is 9.18 Å². The molecular weight excluding hydrogens is 397 g/mol. The number of nitrogens with zero attached hydrogens (tertiary/aromatic N) is 2. The predicted octanol–water partition coefficient (Wildman–Crippen LogP) is 3.30. The summed E-state index contributed by atoms with van der Waals surface area (Å²) in [5, 5.41) is 0. The number of nitrogens with two attached hydrogens (primary N) is 1. The first-order valence-corrected chi connectivity index (χ1v) is 9.88. The van der Waals surface area contributed by atoms with Crippen molar-refractivity contribution in [3.05, 3.63) is 59.4 Å². The van der Waals surface area contributed by atoms with E-state index in [4.69, 9.17) is 27.0 Å². The molecule has 0 bridgehead atoms. The number of benzene rings is 2. The minimum Gasteiger partial charge on any atom is -0.493 e. The van der Waals surface area contributed by atoms with Gasteiger partial charge in [-0.05, 0) is 36.8 Å². The molecule has 0 radical (unpaired) electrons. The maximum absolute atomic E-state index is 13.1.